The molecule has 11 heteroatoms. The third-order valence-electron chi connectivity index (χ3n) is 6.18. The van der Waals surface area contributed by atoms with E-state index in [-0.39, 0.29) is 29.8 Å². The lowest BCUT2D eigenvalue weighted by atomic mass is 9.97. The molecule has 0 N–H and O–H groups in total. The van der Waals surface area contributed by atoms with Crippen LogP contribution in [0.3, 0.4) is 0 Å². The van der Waals surface area contributed by atoms with Crippen molar-refractivity contribution in [3.63, 3.8) is 0 Å². The Morgan fingerprint density at radius 3 is 2.62 bits per heavy atom. The van der Waals surface area contributed by atoms with Crippen molar-refractivity contribution in [2.75, 3.05) is 0 Å². The maximum Gasteiger partial charge on any atom is 0.514 e. The summed E-state index contributed by atoms with van der Waals surface area (Å²) in [6.45, 7) is 7.25. The van der Waals surface area contributed by atoms with Crippen LogP contribution < -0.4 is 10.3 Å². The highest BCUT2D eigenvalue weighted by atomic mass is 35.5. The maximum absolute atomic E-state index is 13.4. The lowest BCUT2D eigenvalue weighted by molar-refractivity contribution is -0.157. The van der Waals surface area contributed by atoms with E-state index in [4.69, 9.17) is 35.5 Å². The van der Waals surface area contributed by atoms with Crippen molar-refractivity contribution < 1.29 is 33.3 Å². The van der Waals surface area contributed by atoms with Gasteiger partial charge in [-0.25, -0.2) is 19.4 Å². The summed E-state index contributed by atoms with van der Waals surface area (Å²) in [5.74, 6) is -0.495. The zero-order valence-electron chi connectivity index (χ0n) is 20.5. The second kappa shape index (κ2) is 8.88. The molecule has 3 aromatic rings. The Morgan fingerprint density at radius 1 is 1.19 bits per heavy atom. The molecule has 0 saturated heterocycles. The number of esters is 1. The van der Waals surface area contributed by atoms with Gasteiger partial charge in [0.1, 0.15) is 18.0 Å². The van der Waals surface area contributed by atoms with Crippen LogP contribution in [0.4, 0.5) is 9.59 Å². The van der Waals surface area contributed by atoms with Gasteiger partial charge in [-0.05, 0) is 57.0 Å². The van der Waals surface area contributed by atoms with E-state index in [1.54, 1.807) is 49.6 Å². The van der Waals surface area contributed by atoms with Crippen LogP contribution >= 0.6 is 11.6 Å². The molecule has 0 spiro atoms. The van der Waals surface area contributed by atoms with Crippen molar-refractivity contribution in [2.24, 2.45) is 0 Å². The minimum absolute atomic E-state index is 0.217. The minimum Gasteiger partial charge on any atom is -0.458 e. The first-order valence-electron chi connectivity index (χ1n) is 11.6. The van der Waals surface area contributed by atoms with Gasteiger partial charge >= 0.3 is 17.6 Å². The molecular weight excluding hydrogens is 504 g/mol. The van der Waals surface area contributed by atoms with Gasteiger partial charge in [-0.2, -0.15) is 0 Å². The fourth-order valence-corrected chi connectivity index (χ4v) is 4.80. The highest BCUT2D eigenvalue weighted by Gasteiger charge is 2.37. The molecule has 0 bridgehead atoms. The molecule has 10 nitrogen and oxygen atoms in total. The van der Waals surface area contributed by atoms with Crippen molar-refractivity contribution in [1.29, 1.82) is 0 Å². The lowest BCUT2D eigenvalue weighted by Gasteiger charge is -2.24. The van der Waals surface area contributed by atoms with Gasteiger partial charge in [0.2, 0.25) is 6.10 Å². The number of hydrogen-bond donors (Lipinski definition) is 0. The van der Waals surface area contributed by atoms with Crippen LogP contribution in [0.15, 0.2) is 29.1 Å². The first-order chi connectivity index (χ1) is 17.5. The molecule has 1 unspecified atom stereocenters. The second-order valence-corrected chi connectivity index (χ2v) is 10.0. The number of fused-ring (bicyclic) bond motifs is 5. The van der Waals surface area contributed by atoms with Gasteiger partial charge in [-0.3, -0.25) is 4.79 Å². The van der Waals surface area contributed by atoms with Crippen LogP contribution in [0, 0.1) is 0 Å². The van der Waals surface area contributed by atoms with Gasteiger partial charge < -0.3 is 23.5 Å². The maximum atomic E-state index is 13.4. The number of benzene rings is 1. The van der Waals surface area contributed by atoms with E-state index in [2.05, 4.69) is 0 Å². The van der Waals surface area contributed by atoms with Gasteiger partial charge in [0, 0.05) is 28.1 Å². The molecule has 192 valence electrons. The van der Waals surface area contributed by atoms with Crippen LogP contribution in [0.25, 0.3) is 22.3 Å². The molecule has 0 aliphatic carbocycles. The van der Waals surface area contributed by atoms with E-state index in [0.717, 1.165) is 16.5 Å². The normalized spacial score (nSPS) is 15.9. The van der Waals surface area contributed by atoms with Gasteiger partial charge in [0.15, 0.2) is 0 Å². The molecule has 0 saturated carbocycles. The standard InChI is InChI=1S/C26H23ClN2O8/c1-5-13-14-8-12(35-25(33)37-26(2,3)4)6-7-18(14)28-20-16(13)10-29-19(20)9-15-17(22(29)30)11-34-23(31)21(15)36-24(27)32/h6-9,21H,5,10-11H2,1-4H3. The minimum atomic E-state index is -1.44. The van der Waals surface area contributed by atoms with Gasteiger partial charge in [-0.15, -0.1) is 0 Å². The van der Waals surface area contributed by atoms with Gasteiger partial charge in [0.25, 0.3) is 5.56 Å². The number of cyclic esters (lactones) is 1. The zero-order chi connectivity index (χ0) is 26.6. The highest BCUT2D eigenvalue weighted by molar-refractivity contribution is 6.61. The van der Waals surface area contributed by atoms with Crippen LogP contribution in [-0.4, -0.2) is 32.7 Å². The highest BCUT2D eigenvalue weighted by Crippen LogP contribution is 2.39. The molecule has 1 aromatic carbocycles. The summed E-state index contributed by atoms with van der Waals surface area (Å²) >= 11 is 5.36. The van der Waals surface area contributed by atoms with Crippen LogP contribution in [0.2, 0.25) is 0 Å². The second-order valence-electron chi connectivity index (χ2n) is 9.71. The first kappa shape index (κ1) is 24.8. The third kappa shape index (κ3) is 4.42. The smallest absolute Gasteiger partial charge is 0.458 e. The van der Waals surface area contributed by atoms with Crippen molar-refractivity contribution in [1.82, 2.24) is 9.55 Å². The molecule has 1 atom stereocenters. The van der Waals surface area contributed by atoms with E-state index >= 15 is 0 Å². The Labute approximate surface area is 216 Å². The summed E-state index contributed by atoms with van der Waals surface area (Å²) in [7, 11) is 0. The zero-order valence-corrected chi connectivity index (χ0v) is 21.3. The number of halogens is 1. The quantitative estimate of drug-likeness (QED) is 0.161. The van der Waals surface area contributed by atoms with Crippen LogP contribution in [-0.2, 0) is 38.6 Å². The fourth-order valence-electron chi connectivity index (χ4n) is 4.71. The average Bonchev–Trinajstić information content (AvgIpc) is 3.16. The number of pyridine rings is 2. The van der Waals surface area contributed by atoms with E-state index < -0.39 is 29.3 Å². The average molecular weight is 527 g/mol. The van der Waals surface area contributed by atoms with E-state index in [1.807, 2.05) is 6.92 Å². The first-order valence-corrected chi connectivity index (χ1v) is 12.0. The summed E-state index contributed by atoms with van der Waals surface area (Å²) < 4.78 is 22.2. The number of aromatic nitrogens is 2. The molecule has 2 aliphatic heterocycles. The molecular formula is C26H23ClN2O8. The molecule has 37 heavy (non-hydrogen) atoms. The molecule has 0 radical (unpaired) electrons. The Bertz CT molecular complexity index is 1550. The summed E-state index contributed by atoms with van der Waals surface area (Å²) in [5.41, 5.74) is 1.69. The Morgan fingerprint density at radius 2 is 1.95 bits per heavy atom. The number of rotatable bonds is 3. The van der Waals surface area contributed by atoms with Gasteiger partial charge in [-0.1, -0.05) is 6.92 Å². The molecule has 5 rings (SSSR count). The van der Waals surface area contributed by atoms with Gasteiger partial charge in [0.05, 0.1) is 29.0 Å². The largest absolute Gasteiger partial charge is 0.514 e. The summed E-state index contributed by atoms with van der Waals surface area (Å²) in [6, 6.07) is 6.70. The number of hydrogen-bond acceptors (Lipinski definition) is 9. The fraction of sp³-hybridized carbons (Fsp3) is 0.346. The molecule has 4 heterocycles. The van der Waals surface area contributed by atoms with Crippen molar-refractivity contribution >= 4 is 40.1 Å². The topological polar surface area (TPSA) is 123 Å². The summed E-state index contributed by atoms with van der Waals surface area (Å²) in [5, 5.41) is 0.778. The molecule has 0 fully saturated rings. The molecule has 2 aromatic heterocycles. The SMILES string of the molecule is CCc1c2c(nc3ccc(OC(=O)OC(C)(C)C)cc13)-c1cc3c(c(=O)n1C2)COC(=O)C3OC(=O)Cl. The lowest BCUT2D eigenvalue weighted by Crippen LogP contribution is -2.33. The van der Waals surface area contributed by atoms with Crippen LogP contribution in [0.5, 0.6) is 5.75 Å². The van der Waals surface area contributed by atoms with Crippen molar-refractivity contribution in [2.45, 2.75) is 59.0 Å². The predicted octanol–water partition coefficient (Wildman–Crippen LogP) is 4.77. The number of carbonyl (C=O) groups excluding carboxylic acids is 3. The summed E-state index contributed by atoms with van der Waals surface area (Å²) in [4.78, 5) is 54.0. The Balaban J connectivity index is 1.61. The Hall–Kier alpha value is -3.92. The number of aryl methyl sites for hydroxylation is 1. The van der Waals surface area contributed by atoms with E-state index in [9.17, 15) is 19.2 Å². The number of carbonyl (C=O) groups is 3. The van der Waals surface area contributed by atoms with Crippen LogP contribution in [0.1, 0.15) is 56.1 Å². The number of ether oxygens (including phenoxy) is 4. The monoisotopic (exact) mass is 526 g/mol. The van der Waals surface area contributed by atoms with E-state index in [0.29, 0.717) is 29.1 Å². The molecule has 0 amide bonds. The number of nitrogens with zero attached hydrogens (tertiary/aromatic N) is 2. The van der Waals surface area contributed by atoms with Crippen molar-refractivity contribution in [3.8, 4) is 17.1 Å². The summed E-state index contributed by atoms with van der Waals surface area (Å²) in [6.07, 6.45) is -1.63. The van der Waals surface area contributed by atoms with Crippen molar-refractivity contribution in [3.05, 3.63) is 56.9 Å². The molecule has 2 aliphatic rings. The predicted molar refractivity (Wildman–Crippen MR) is 132 cm³/mol. The third-order valence-corrected chi connectivity index (χ3v) is 6.27. The van der Waals surface area contributed by atoms with E-state index in [1.165, 1.54) is 0 Å². The Kier molecular flexibility index (Phi) is 5.94.